The van der Waals surface area contributed by atoms with Gasteiger partial charge in [-0.2, -0.15) is 11.8 Å². The molecule has 0 spiro atoms. The fourth-order valence-corrected chi connectivity index (χ4v) is 4.51. The first kappa shape index (κ1) is 13.7. The Hall–Kier alpha value is 0.270. The Morgan fingerprint density at radius 3 is 2.53 bits per heavy atom. The second-order valence-electron chi connectivity index (χ2n) is 5.79. The van der Waals surface area contributed by atoms with Crippen molar-refractivity contribution in [1.82, 2.24) is 4.90 Å². The third-order valence-corrected chi connectivity index (χ3v) is 5.52. The van der Waals surface area contributed by atoms with E-state index in [0.717, 1.165) is 12.0 Å². The van der Waals surface area contributed by atoms with Crippen LogP contribution in [-0.4, -0.2) is 41.6 Å². The first-order chi connectivity index (χ1) is 8.29. The fraction of sp³-hybridized carbons (Fsp3) is 1.00. The molecule has 2 fully saturated rings. The van der Waals surface area contributed by atoms with E-state index in [1.165, 1.54) is 63.1 Å². The van der Waals surface area contributed by atoms with E-state index in [2.05, 4.69) is 23.6 Å². The van der Waals surface area contributed by atoms with E-state index in [4.69, 9.17) is 5.73 Å². The monoisotopic (exact) mass is 256 g/mol. The maximum atomic E-state index is 6.01. The van der Waals surface area contributed by atoms with Crippen LogP contribution in [-0.2, 0) is 0 Å². The molecule has 1 aliphatic carbocycles. The van der Waals surface area contributed by atoms with Crippen molar-refractivity contribution in [1.29, 1.82) is 0 Å². The highest BCUT2D eigenvalue weighted by molar-refractivity contribution is 7.99. The molecular formula is C14H28N2S. The minimum absolute atomic E-state index is 0.483. The third kappa shape index (κ3) is 4.15. The summed E-state index contributed by atoms with van der Waals surface area (Å²) in [6.45, 7) is 4.95. The summed E-state index contributed by atoms with van der Waals surface area (Å²) >= 11 is 2.14. The van der Waals surface area contributed by atoms with E-state index in [0.29, 0.717) is 6.04 Å². The van der Waals surface area contributed by atoms with E-state index >= 15 is 0 Å². The zero-order chi connectivity index (χ0) is 12.1. The summed E-state index contributed by atoms with van der Waals surface area (Å²) in [6, 6.07) is 1.32. The average Bonchev–Trinajstić information content (AvgIpc) is 2.82. The van der Waals surface area contributed by atoms with Gasteiger partial charge in [-0.15, -0.1) is 0 Å². The highest BCUT2D eigenvalue weighted by Gasteiger charge is 2.26. The Morgan fingerprint density at radius 1 is 1.18 bits per heavy atom. The van der Waals surface area contributed by atoms with Gasteiger partial charge in [0.2, 0.25) is 0 Å². The second-order valence-corrected chi connectivity index (χ2v) is 6.94. The van der Waals surface area contributed by atoms with Gasteiger partial charge in [0.1, 0.15) is 0 Å². The van der Waals surface area contributed by atoms with Gasteiger partial charge in [0.15, 0.2) is 0 Å². The highest BCUT2D eigenvalue weighted by atomic mass is 32.2. The second kappa shape index (κ2) is 7.01. The lowest BCUT2D eigenvalue weighted by atomic mass is 9.90. The molecule has 0 amide bonds. The van der Waals surface area contributed by atoms with E-state index in [9.17, 15) is 0 Å². The quantitative estimate of drug-likeness (QED) is 0.820. The smallest absolute Gasteiger partial charge is 0.00965 e. The molecule has 1 heterocycles. The standard InChI is InChI=1S/C14H28N2S/c1-2-8-16(10-12-7-9-17-11-12)14-5-3-13(15)4-6-14/h12-14H,2-11,15H2,1H3. The normalized spacial score (nSPS) is 34.4. The number of thioether (sulfide) groups is 1. The predicted molar refractivity (Wildman–Crippen MR) is 77.5 cm³/mol. The lowest BCUT2D eigenvalue weighted by Gasteiger charge is -2.37. The van der Waals surface area contributed by atoms with E-state index in [-0.39, 0.29) is 0 Å². The van der Waals surface area contributed by atoms with E-state index in [1.54, 1.807) is 0 Å². The molecule has 17 heavy (non-hydrogen) atoms. The van der Waals surface area contributed by atoms with Crippen LogP contribution in [0.2, 0.25) is 0 Å². The van der Waals surface area contributed by atoms with Gasteiger partial charge in [-0.1, -0.05) is 6.92 Å². The number of hydrogen-bond acceptors (Lipinski definition) is 3. The Morgan fingerprint density at radius 2 is 1.94 bits per heavy atom. The predicted octanol–water partition coefficient (Wildman–Crippen LogP) is 2.72. The van der Waals surface area contributed by atoms with Gasteiger partial charge in [-0.3, -0.25) is 0 Å². The van der Waals surface area contributed by atoms with Crippen LogP contribution in [0.25, 0.3) is 0 Å². The van der Waals surface area contributed by atoms with Crippen LogP contribution in [0.1, 0.15) is 45.4 Å². The van der Waals surface area contributed by atoms with Gasteiger partial charge >= 0.3 is 0 Å². The molecule has 2 aliphatic rings. The summed E-state index contributed by atoms with van der Waals surface area (Å²) < 4.78 is 0. The Balaban J connectivity index is 1.82. The van der Waals surface area contributed by atoms with Crippen molar-refractivity contribution in [3.63, 3.8) is 0 Å². The van der Waals surface area contributed by atoms with Crippen LogP contribution >= 0.6 is 11.8 Å². The molecule has 2 nitrogen and oxygen atoms in total. The summed E-state index contributed by atoms with van der Waals surface area (Å²) in [5, 5.41) is 0. The zero-order valence-corrected chi connectivity index (χ0v) is 12.1. The maximum Gasteiger partial charge on any atom is 0.00965 e. The van der Waals surface area contributed by atoms with Crippen LogP contribution < -0.4 is 5.73 Å². The molecular weight excluding hydrogens is 228 g/mol. The van der Waals surface area contributed by atoms with Crippen molar-refractivity contribution in [3.8, 4) is 0 Å². The van der Waals surface area contributed by atoms with Crippen LogP contribution in [0.15, 0.2) is 0 Å². The molecule has 2 rings (SSSR count). The van der Waals surface area contributed by atoms with Crippen molar-refractivity contribution >= 4 is 11.8 Å². The first-order valence-electron chi connectivity index (χ1n) is 7.37. The summed E-state index contributed by atoms with van der Waals surface area (Å²) in [7, 11) is 0. The summed E-state index contributed by atoms with van der Waals surface area (Å²) in [6.07, 6.45) is 7.89. The Kier molecular flexibility index (Phi) is 5.64. The zero-order valence-electron chi connectivity index (χ0n) is 11.2. The van der Waals surface area contributed by atoms with Crippen LogP contribution in [0.4, 0.5) is 0 Å². The van der Waals surface area contributed by atoms with Crippen molar-refractivity contribution in [2.45, 2.75) is 57.5 Å². The molecule has 3 heteroatoms. The lowest BCUT2D eigenvalue weighted by Crippen LogP contribution is -2.43. The summed E-state index contributed by atoms with van der Waals surface area (Å²) in [5.74, 6) is 3.74. The number of nitrogens with two attached hydrogens (primary N) is 1. The van der Waals surface area contributed by atoms with E-state index < -0.39 is 0 Å². The minimum Gasteiger partial charge on any atom is -0.328 e. The lowest BCUT2D eigenvalue weighted by molar-refractivity contribution is 0.132. The molecule has 1 saturated heterocycles. The molecule has 1 saturated carbocycles. The van der Waals surface area contributed by atoms with Gasteiger partial charge in [-0.25, -0.2) is 0 Å². The van der Waals surface area contributed by atoms with Crippen LogP contribution in [0.5, 0.6) is 0 Å². The first-order valence-corrected chi connectivity index (χ1v) is 8.52. The van der Waals surface area contributed by atoms with Gasteiger partial charge in [-0.05, 0) is 62.5 Å². The number of nitrogens with zero attached hydrogens (tertiary/aromatic N) is 1. The van der Waals surface area contributed by atoms with E-state index in [1.807, 2.05) is 0 Å². The van der Waals surface area contributed by atoms with Gasteiger partial charge in [0.05, 0.1) is 0 Å². The van der Waals surface area contributed by atoms with Crippen molar-refractivity contribution in [2.24, 2.45) is 11.7 Å². The highest BCUT2D eigenvalue weighted by Crippen LogP contribution is 2.28. The molecule has 0 bridgehead atoms. The molecule has 0 aromatic rings. The largest absolute Gasteiger partial charge is 0.328 e. The van der Waals surface area contributed by atoms with Gasteiger partial charge in [0.25, 0.3) is 0 Å². The van der Waals surface area contributed by atoms with Crippen molar-refractivity contribution < 1.29 is 0 Å². The molecule has 1 unspecified atom stereocenters. The van der Waals surface area contributed by atoms with Gasteiger partial charge < -0.3 is 10.6 Å². The molecule has 2 N–H and O–H groups in total. The summed E-state index contributed by atoms with van der Waals surface area (Å²) in [5.41, 5.74) is 6.01. The van der Waals surface area contributed by atoms with Crippen LogP contribution in [0.3, 0.4) is 0 Å². The minimum atomic E-state index is 0.483. The number of hydrogen-bond donors (Lipinski definition) is 1. The summed E-state index contributed by atoms with van der Waals surface area (Å²) in [4.78, 5) is 2.78. The third-order valence-electron chi connectivity index (χ3n) is 4.29. The van der Waals surface area contributed by atoms with Gasteiger partial charge in [0, 0.05) is 18.6 Å². The number of rotatable bonds is 5. The molecule has 0 aromatic heterocycles. The Bertz CT molecular complexity index is 208. The average molecular weight is 256 g/mol. The topological polar surface area (TPSA) is 29.3 Å². The molecule has 100 valence electrons. The van der Waals surface area contributed by atoms with Crippen molar-refractivity contribution in [3.05, 3.63) is 0 Å². The molecule has 1 aliphatic heterocycles. The molecule has 1 atom stereocenters. The van der Waals surface area contributed by atoms with Crippen molar-refractivity contribution in [2.75, 3.05) is 24.6 Å². The van der Waals surface area contributed by atoms with Crippen LogP contribution in [0, 0.1) is 5.92 Å². The SMILES string of the molecule is CCCN(CC1CCSC1)C1CCC(N)CC1. The Labute approximate surface area is 111 Å². The maximum absolute atomic E-state index is 6.01. The molecule has 0 aromatic carbocycles. The molecule has 0 radical (unpaired) electrons. The fourth-order valence-electron chi connectivity index (χ4n) is 3.24.